The van der Waals surface area contributed by atoms with E-state index in [4.69, 9.17) is 4.74 Å². The number of nitrogens with one attached hydrogen (secondary N) is 3. The molecule has 0 spiro atoms. The maximum absolute atomic E-state index is 13.6. The first-order chi connectivity index (χ1) is 19.5. The van der Waals surface area contributed by atoms with Crippen molar-refractivity contribution >= 4 is 17.7 Å². The minimum absolute atomic E-state index is 0.101. The number of ether oxygens (including phenoxy) is 1. The summed E-state index contributed by atoms with van der Waals surface area (Å²) in [5.41, 5.74) is 4.19. The van der Waals surface area contributed by atoms with E-state index in [1.165, 1.54) is 20.3 Å². The van der Waals surface area contributed by atoms with Crippen molar-refractivity contribution < 1.29 is 24.2 Å². The van der Waals surface area contributed by atoms with Gasteiger partial charge in [0, 0.05) is 26.8 Å². The second-order valence-electron chi connectivity index (χ2n) is 12.7. The zero-order valence-electron chi connectivity index (χ0n) is 25.8. The van der Waals surface area contributed by atoms with E-state index in [-0.39, 0.29) is 41.7 Å². The highest BCUT2D eigenvalue weighted by molar-refractivity contribution is 5.86. The summed E-state index contributed by atoms with van der Waals surface area (Å²) in [6, 6.07) is 8.55. The standard InChI is InChI=1S/C32H52N4O5/c1-20(2)29(33-22(5)37)27-18-26(31(39)28(41-27)17-24-13-9-7-10-14-24)36(19-25-15-11-8-12-16-25)35-32(40)30(21(3)4)34-23(6)38/h7,9-10,13-14,20-21,25-31,39H,8,11-12,15-19H2,1-6H3,(H,33,37)(H,34,38)(H,35,40)/t26-,27-,28-,29-,30-,31-/m0/s1. The molecule has 1 saturated heterocycles. The molecule has 1 saturated carbocycles. The second-order valence-corrected chi connectivity index (χ2v) is 12.7. The van der Waals surface area contributed by atoms with Gasteiger partial charge in [0.1, 0.15) is 6.04 Å². The maximum atomic E-state index is 13.6. The smallest absolute Gasteiger partial charge is 0.257 e. The molecule has 2 aliphatic rings. The molecule has 1 heterocycles. The molecule has 1 aliphatic heterocycles. The number of nitrogens with zero attached hydrogens (tertiary/aromatic N) is 1. The molecule has 0 unspecified atom stereocenters. The number of hydrogen-bond acceptors (Lipinski definition) is 6. The molecule has 1 aliphatic carbocycles. The summed E-state index contributed by atoms with van der Waals surface area (Å²) in [6.07, 6.45) is 4.85. The van der Waals surface area contributed by atoms with Crippen LogP contribution in [-0.4, -0.2) is 70.8 Å². The molecule has 0 aromatic heterocycles. The van der Waals surface area contributed by atoms with Crippen molar-refractivity contribution in [2.75, 3.05) is 6.54 Å². The van der Waals surface area contributed by atoms with Gasteiger partial charge in [-0.15, -0.1) is 0 Å². The number of hydrogen-bond donors (Lipinski definition) is 4. The molecule has 6 atom stereocenters. The lowest BCUT2D eigenvalue weighted by Crippen LogP contribution is -2.66. The van der Waals surface area contributed by atoms with Gasteiger partial charge in [0.25, 0.3) is 5.91 Å². The molecule has 2 fully saturated rings. The SMILES string of the molecule is CC(=O)N[C@H](C(=O)NN(CC1CCCCC1)[C@H]1C[C@@H]([C@@H](NC(C)=O)C(C)C)O[C@@H](Cc2ccccc2)[C@H]1O)C(C)C. The van der Waals surface area contributed by atoms with Gasteiger partial charge >= 0.3 is 0 Å². The van der Waals surface area contributed by atoms with Gasteiger partial charge in [0.05, 0.1) is 30.4 Å². The molecule has 1 aromatic carbocycles. The molecule has 41 heavy (non-hydrogen) atoms. The van der Waals surface area contributed by atoms with Crippen molar-refractivity contribution in [3.8, 4) is 0 Å². The van der Waals surface area contributed by atoms with E-state index in [1.54, 1.807) is 0 Å². The average Bonchev–Trinajstić information content (AvgIpc) is 2.92. The fraction of sp³-hybridized carbons (Fsp3) is 0.719. The predicted molar refractivity (Wildman–Crippen MR) is 160 cm³/mol. The number of aliphatic hydroxyl groups excluding tert-OH is 1. The van der Waals surface area contributed by atoms with Crippen molar-refractivity contribution in [1.82, 2.24) is 21.1 Å². The Hall–Kier alpha value is -2.49. The molecule has 9 nitrogen and oxygen atoms in total. The van der Waals surface area contributed by atoms with Crippen LogP contribution in [0.15, 0.2) is 30.3 Å². The number of carbonyl (C=O) groups excluding carboxylic acids is 3. The minimum atomic E-state index is -0.876. The van der Waals surface area contributed by atoms with E-state index in [0.717, 1.165) is 31.2 Å². The first-order valence-electron chi connectivity index (χ1n) is 15.4. The Balaban J connectivity index is 1.96. The van der Waals surface area contributed by atoms with Crippen molar-refractivity contribution in [2.24, 2.45) is 17.8 Å². The number of rotatable bonds is 12. The van der Waals surface area contributed by atoms with Crippen LogP contribution in [0.4, 0.5) is 0 Å². The summed E-state index contributed by atoms with van der Waals surface area (Å²) in [7, 11) is 0. The Morgan fingerprint density at radius 2 is 1.59 bits per heavy atom. The molecule has 9 heteroatoms. The van der Waals surface area contributed by atoms with Gasteiger partial charge in [-0.05, 0) is 42.6 Å². The van der Waals surface area contributed by atoms with Gasteiger partial charge < -0.3 is 20.5 Å². The zero-order valence-corrected chi connectivity index (χ0v) is 25.8. The van der Waals surface area contributed by atoms with Crippen molar-refractivity contribution in [1.29, 1.82) is 0 Å². The third kappa shape index (κ3) is 9.79. The molecule has 230 valence electrons. The fourth-order valence-corrected chi connectivity index (χ4v) is 6.34. The third-order valence-corrected chi connectivity index (χ3v) is 8.51. The van der Waals surface area contributed by atoms with Gasteiger partial charge in [-0.25, -0.2) is 5.01 Å². The first-order valence-corrected chi connectivity index (χ1v) is 15.4. The van der Waals surface area contributed by atoms with Crippen LogP contribution >= 0.6 is 0 Å². The van der Waals surface area contributed by atoms with Crippen LogP contribution in [0, 0.1) is 17.8 Å². The van der Waals surface area contributed by atoms with Crippen LogP contribution in [0.5, 0.6) is 0 Å². The minimum Gasteiger partial charge on any atom is -0.389 e. The number of hydrazine groups is 1. The predicted octanol–water partition coefficient (Wildman–Crippen LogP) is 3.35. The summed E-state index contributed by atoms with van der Waals surface area (Å²) in [6.45, 7) is 11.4. The van der Waals surface area contributed by atoms with Crippen molar-refractivity contribution in [3.63, 3.8) is 0 Å². The van der Waals surface area contributed by atoms with Gasteiger partial charge in [-0.2, -0.15) is 0 Å². The van der Waals surface area contributed by atoms with Gasteiger partial charge in [-0.1, -0.05) is 77.3 Å². The number of amides is 3. The summed E-state index contributed by atoms with van der Waals surface area (Å²) in [5.74, 6) is -0.302. The van der Waals surface area contributed by atoms with Gasteiger partial charge in [0.2, 0.25) is 11.8 Å². The molecule has 0 bridgehead atoms. The fourth-order valence-electron chi connectivity index (χ4n) is 6.34. The molecule has 3 rings (SSSR count). The van der Waals surface area contributed by atoms with E-state index in [0.29, 0.717) is 25.3 Å². The lowest BCUT2D eigenvalue weighted by atomic mass is 9.84. The lowest BCUT2D eigenvalue weighted by Gasteiger charge is -2.48. The topological polar surface area (TPSA) is 120 Å². The van der Waals surface area contributed by atoms with Crippen LogP contribution in [0.2, 0.25) is 0 Å². The van der Waals surface area contributed by atoms with Crippen molar-refractivity contribution in [2.45, 2.75) is 123 Å². The Morgan fingerprint density at radius 3 is 2.15 bits per heavy atom. The molecule has 1 aromatic rings. The summed E-state index contributed by atoms with van der Waals surface area (Å²) >= 11 is 0. The summed E-state index contributed by atoms with van der Waals surface area (Å²) in [5, 5.41) is 19.7. The maximum Gasteiger partial charge on any atom is 0.257 e. The Labute approximate surface area is 246 Å². The summed E-state index contributed by atoms with van der Waals surface area (Å²) < 4.78 is 6.58. The Morgan fingerprint density at radius 1 is 0.951 bits per heavy atom. The van der Waals surface area contributed by atoms with Crippen LogP contribution < -0.4 is 16.1 Å². The van der Waals surface area contributed by atoms with E-state index in [1.807, 2.05) is 49.2 Å². The Bertz CT molecular complexity index is 982. The van der Waals surface area contributed by atoms with Crippen LogP contribution in [0.3, 0.4) is 0 Å². The highest BCUT2D eigenvalue weighted by Crippen LogP contribution is 2.32. The number of carbonyl (C=O) groups is 3. The largest absolute Gasteiger partial charge is 0.389 e. The molecular formula is C32H52N4O5. The normalized spacial score (nSPS) is 25.1. The molecular weight excluding hydrogens is 520 g/mol. The summed E-state index contributed by atoms with van der Waals surface area (Å²) in [4.78, 5) is 37.7. The highest BCUT2D eigenvalue weighted by Gasteiger charge is 2.45. The van der Waals surface area contributed by atoms with Crippen LogP contribution in [0.1, 0.15) is 85.6 Å². The van der Waals surface area contributed by atoms with Crippen LogP contribution in [-0.2, 0) is 25.5 Å². The average molecular weight is 573 g/mol. The highest BCUT2D eigenvalue weighted by atomic mass is 16.5. The Kier molecular flexibility index (Phi) is 12.6. The third-order valence-electron chi connectivity index (χ3n) is 8.51. The van der Waals surface area contributed by atoms with Crippen molar-refractivity contribution in [3.05, 3.63) is 35.9 Å². The number of aliphatic hydroxyl groups is 1. The zero-order chi connectivity index (χ0) is 30.1. The quantitative estimate of drug-likeness (QED) is 0.285. The van der Waals surface area contributed by atoms with Gasteiger partial charge in [0.15, 0.2) is 0 Å². The van der Waals surface area contributed by atoms with E-state index < -0.39 is 24.3 Å². The number of benzene rings is 1. The second kappa shape index (κ2) is 15.7. The van der Waals surface area contributed by atoms with Gasteiger partial charge in [-0.3, -0.25) is 19.8 Å². The first kappa shape index (κ1) is 33.0. The monoisotopic (exact) mass is 572 g/mol. The van der Waals surface area contributed by atoms with Crippen LogP contribution in [0.25, 0.3) is 0 Å². The van der Waals surface area contributed by atoms with E-state index in [9.17, 15) is 19.5 Å². The molecule has 0 radical (unpaired) electrons. The molecule has 4 N–H and O–H groups in total. The van der Waals surface area contributed by atoms with E-state index in [2.05, 4.69) is 29.9 Å². The lowest BCUT2D eigenvalue weighted by molar-refractivity contribution is -0.176. The van der Waals surface area contributed by atoms with E-state index >= 15 is 0 Å². The molecule has 3 amide bonds.